The molecule has 2 aromatic carbocycles. The highest BCUT2D eigenvalue weighted by atomic mass is 16.2. The number of aryl methyl sites for hydroxylation is 1. The molecule has 0 N–H and O–H groups in total. The van der Waals surface area contributed by atoms with E-state index in [0.717, 1.165) is 22.4 Å². The summed E-state index contributed by atoms with van der Waals surface area (Å²) >= 11 is 0. The molecular formula is C23H20N6O2. The highest BCUT2D eigenvalue weighted by molar-refractivity contribution is 6.09. The summed E-state index contributed by atoms with van der Waals surface area (Å²) in [7, 11) is 1.45. The summed E-state index contributed by atoms with van der Waals surface area (Å²) < 4.78 is 1.40. The van der Waals surface area contributed by atoms with Crippen molar-refractivity contribution in [1.29, 1.82) is 5.26 Å². The first kappa shape index (κ1) is 20.2. The molecule has 2 amide bonds. The van der Waals surface area contributed by atoms with Gasteiger partial charge in [-0.2, -0.15) is 15.0 Å². The molecule has 1 unspecified atom stereocenters. The molecule has 0 saturated carbocycles. The first-order valence-corrected chi connectivity index (χ1v) is 9.93. The van der Waals surface area contributed by atoms with Crippen LogP contribution in [0.3, 0.4) is 0 Å². The van der Waals surface area contributed by atoms with Gasteiger partial charge in [0.2, 0.25) is 12.1 Å². The normalized spacial score (nSPS) is 16.2. The van der Waals surface area contributed by atoms with Crippen LogP contribution in [0.5, 0.6) is 0 Å². The maximum atomic E-state index is 13.0. The van der Waals surface area contributed by atoms with Gasteiger partial charge in [0.15, 0.2) is 5.69 Å². The van der Waals surface area contributed by atoms with E-state index in [-0.39, 0.29) is 22.9 Å². The molecule has 0 saturated heterocycles. The number of nitrogens with zero attached hydrogens (tertiary/aromatic N) is 6. The molecule has 154 valence electrons. The van der Waals surface area contributed by atoms with Crippen LogP contribution in [0.2, 0.25) is 0 Å². The maximum Gasteiger partial charge on any atom is 0.282 e. The van der Waals surface area contributed by atoms with Crippen LogP contribution in [0.4, 0.5) is 0 Å². The average molecular weight is 412 g/mol. The molecular weight excluding hydrogens is 392 g/mol. The molecule has 8 heteroatoms. The van der Waals surface area contributed by atoms with Crippen LogP contribution in [0.25, 0.3) is 5.69 Å². The lowest BCUT2D eigenvalue weighted by Crippen LogP contribution is -2.46. The van der Waals surface area contributed by atoms with Gasteiger partial charge in [0.25, 0.3) is 11.5 Å². The molecule has 31 heavy (non-hydrogen) atoms. The van der Waals surface area contributed by atoms with Crippen molar-refractivity contribution >= 4 is 11.8 Å². The van der Waals surface area contributed by atoms with E-state index in [1.165, 1.54) is 11.7 Å². The van der Waals surface area contributed by atoms with Gasteiger partial charge in [-0.05, 0) is 30.0 Å². The van der Waals surface area contributed by atoms with Gasteiger partial charge in [-0.3, -0.25) is 14.5 Å². The fourth-order valence-corrected chi connectivity index (χ4v) is 3.74. The van der Waals surface area contributed by atoms with E-state index in [9.17, 15) is 14.9 Å². The number of nitriles is 1. The molecule has 0 radical (unpaired) electrons. The molecule has 4 rings (SSSR count). The summed E-state index contributed by atoms with van der Waals surface area (Å²) in [6.45, 7) is 2.00. The lowest BCUT2D eigenvalue weighted by atomic mass is 9.90. The lowest BCUT2D eigenvalue weighted by Gasteiger charge is -2.29. The summed E-state index contributed by atoms with van der Waals surface area (Å²) in [5, 5.41) is 13.8. The fraction of sp³-hybridized carbons (Fsp3) is 0.217. The second-order valence-electron chi connectivity index (χ2n) is 7.20. The molecule has 2 heterocycles. The Balaban J connectivity index is 1.95. The van der Waals surface area contributed by atoms with Gasteiger partial charge in [-0.15, -0.1) is 4.99 Å². The minimum Gasteiger partial charge on any atom is -0.280 e. The predicted molar refractivity (Wildman–Crippen MR) is 112 cm³/mol. The Hall–Kier alpha value is -4.12. The second kappa shape index (κ2) is 8.32. The van der Waals surface area contributed by atoms with Crippen LogP contribution >= 0.6 is 0 Å². The molecule has 3 aromatic rings. The summed E-state index contributed by atoms with van der Waals surface area (Å²) in [6.07, 6.45) is 2.84. The van der Waals surface area contributed by atoms with Crippen LogP contribution in [0.15, 0.2) is 59.6 Å². The number of fused-ring (bicyclic) bond motifs is 1. The number of benzene rings is 2. The van der Waals surface area contributed by atoms with E-state index in [1.54, 1.807) is 6.19 Å². The highest BCUT2D eigenvalue weighted by Crippen LogP contribution is 2.28. The molecule has 1 aromatic heterocycles. The second-order valence-corrected chi connectivity index (χ2v) is 7.20. The van der Waals surface area contributed by atoms with Crippen molar-refractivity contribution in [3.8, 4) is 11.9 Å². The highest BCUT2D eigenvalue weighted by Gasteiger charge is 2.40. The standard InChI is InChI=1S/C23H20N6O2/c1-3-16-11-7-8-12-18(16)29-23(25-14-24)26-19-17(13-15-9-5-4-6-10-15)21(30)28(2)22(31)20(19)27-29/h4-12,17H,3,13H2,1-2H3. The molecule has 0 aliphatic carbocycles. The van der Waals surface area contributed by atoms with Gasteiger partial charge < -0.3 is 0 Å². The topological polar surface area (TPSA) is 104 Å². The lowest BCUT2D eigenvalue weighted by molar-refractivity contribution is -0.129. The number of aromatic nitrogens is 3. The first-order chi connectivity index (χ1) is 15.0. The third kappa shape index (κ3) is 3.62. The largest absolute Gasteiger partial charge is 0.282 e. The van der Waals surface area contributed by atoms with Crippen molar-refractivity contribution in [1.82, 2.24) is 19.7 Å². The van der Waals surface area contributed by atoms with E-state index in [0.29, 0.717) is 12.1 Å². The van der Waals surface area contributed by atoms with E-state index in [4.69, 9.17) is 0 Å². The average Bonchev–Trinajstić information content (AvgIpc) is 2.81. The van der Waals surface area contributed by atoms with Gasteiger partial charge in [0.05, 0.1) is 17.3 Å². The van der Waals surface area contributed by atoms with Crippen molar-refractivity contribution in [2.75, 3.05) is 7.05 Å². The Kier molecular flexibility index (Phi) is 5.41. The van der Waals surface area contributed by atoms with E-state index < -0.39 is 11.8 Å². The van der Waals surface area contributed by atoms with Crippen LogP contribution in [0.1, 0.15) is 40.2 Å². The number of amides is 2. The molecule has 1 aliphatic heterocycles. The number of hydrogen-bond acceptors (Lipinski definition) is 6. The van der Waals surface area contributed by atoms with E-state index >= 15 is 0 Å². The zero-order valence-corrected chi connectivity index (χ0v) is 17.2. The monoisotopic (exact) mass is 412 g/mol. The zero-order chi connectivity index (χ0) is 22.0. The molecule has 8 nitrogen and oxygen atoms in total. The molecule has 0 spiro atoms. The van der Waals surface area contributed by atoms with Gasteiger partial charge >= 0.3 is 0 Å². The minimum absolute atomic E-state index is 0.0327. The molecule has 0 fully saturated rings. The summed E-state index contributed by atoms with van der Waals surface area (Å²) in [5.41, 5.74) is 2.95. The quantitative estimate of drug-likeness (QED) is 0.482. The third-order valence-electron chi connectivity index (χ3n) is 5.35. The van der Waals surface area contributed by atoms with Gasteiger partial charge in [-0.25, -0.2) is 4.98 Å². The number of likely N-dealkylation sites (N-methyl/N-ethyl adjacent to an activating group) is 1. The van der Waals surface area contributed by atoms with Crippen molar-refractivity contribution in [2.45, 2.75) is 25.7 Å². The van der Waals surface area contributed by atoms with E-state index in [1.807, 2.05) is 61.5 Å². The summed E-state index contributed by atoms with van der Waals surface area (Å²) in [5.74, 6) is -1.58. The van der Waals surface area contributed by atoms with Crippen LogP contribution in [-0.2, 0) is 17.6 Å². The SMILES string of the molecule is CCc1ccccc1-n1nc2c(nc1=NC#N)C(Cc1ccccc1)C(=O)N(C)C2=O. The first-order valence-electron chi connectivity index (χ1n) is 9.93. The Morgan fingerprint density at radius 1 is 1.10 bits per heavy atom. The number of carbonyl (C=O) groups excluding carboxylic acids is 2. The molecule has 0 bridgehead atoms. The van der Waals surface area contributed by atoms with Crippen molar-refractivity contribution < 1.29 is 9.59 Å². The Morgan fingerprint density at radius 2 is 1.81 bits per heavy atom. The smallest absolute Gasteiger partial charge is 0.280 e. The third-order valence-corrected chi connectivity index (χ3v) is 5.35. The van der Waals surface area contributed by atoms with Crippen molar-refractivity contribution in [3.05, 3.63) is 82.7 Å². The number of para-hydroxylation sites is 1. The molecule has 1 atom stereocenters. The summed E-state index contributed by atoms with van der Waals surface area (Å²) in [4.78, 5) is 35.3. The van der Waals surface area contributed by atoms with Gasteiger partial charge in [-0.1, -0.05) is 55.5 Å². The number of carbonyl (C=O) groups is 2. The number of hydrogen-bond donors (Lipinski definition) is 0. The maximum absolute atomic E-state index is 13.0. The van der Waals surface area contributed by atoms with Crippen molar-refractivity contribution in [3.63, 3.8) is 0 Å². The van der Waals surface area contributed by atoms with Crippen LogP contribution in [0, 0.1) is 11.5 Å². The van der Waals surface area contributed by atoms with Gasteiger partial charge in [0, 0.05) is 7.05 Å². The Labute approximate surface area is 179 Å². The Bertz CT molecular complexity index is 1270. The minimum atomic E-state index is -0.698. The van der Waals surface area contributed by atoms with Crippen LogP contribution in [-0.4, -0.2) is 38.5 Å². The van der Waals surface area contributed by atoms with E-state index in [2.05, 4.69) is 15.1 Å². The molecule has 1 aliphatic rings. The predicted octanol–water partition coefficient (Wildman–Crippen LogP) is 2.15. The summed E-state index contributed by atoms with van der Waals surface area (Å²) in [6, 6.07) is 17.0. The van der Waals surface area contributed by atoms with Crippen molar-refractivity contribution in [2.24, 2.45) is 4.99 Å². The van der Waals surface area contributed by atoms with Gasteiger partial charge in [0.1, 0.15) is 0 Å². The number of imide groups is 1. The van der Waals surface area contributed by atoms with Crippen LogP contribution < -0.4 is 5.62 Å². The Morgan fingerprint density at radius 3 is 2.52 bits per heavy atom. The fourth-order valence-electron chi connectivity index (χ4n) is 3.74. The number of rotatable bonds is 4. The zero-order valence-electron chi connectivity index (χ0n) is 17.2.